The molecule has 5 nitrogen and oxygen atoms in total. The molecule has 0 fully saturated rings. The van der Waals surface area contributed by atoms with Gasteiger partial charge in [0.05, 0.1) is 35.6 Å². The molecule has 0 radical (unpaired) electrons. The van der Waals surface area contributed by atoms with E-state index in [1.807, 2.05) is 72.6 Å². The summed E-state index contributed by atoms with van der Waals surface area (Å²) in [6.07, 6.45) is 2.05. The number of carbonyl (C=O) groups is 1. The average Bonchev–Trinajstić information content (AvgIpc) is 3.26. The van der Waals surface area contributed by atoms with Gasteiger partial charge in [-0.25, -0.2) is 4.79 Å². The monoisotopic (exact) mass is 457 g/mol. The van der Waals surface area contributed by atoms with E-state index in [9.17, 15) is 4.79 Å². The van der Waals surface area contributed by atoms with E-state index in [-0.39, 0.29) is 12.1 Å². The highest BCUT2D eigenvalue weighted by Gasteiger charge is 2.33. The summed E-state index contributed by atoms with van der Waals surface area (Å²) in [7, 11) is 0. The number of benzene rings is 3. The van der Waals surface area contributed by atoms with Crippen molar-refractivity contribution in [1.29, 1.82) is 0 Å². The van der Waals surface area contributed by atoms with Gasteiger partial charge in [0.25, 0.3) is 0 Å². The van der Waals surface area contributed by atoms with Gasteiger partial charge in [-0.2, -0.15) is 0 Å². The van der Waals surface area contributed by atoms with Gasteiger partial charge in [-0.3, -0.25) is 0 Å². The normalized spacial score (nSPS) is 14.7. The van der Waals surface area contributed by atoms with Gasteiger partial charge in [0.15, 0.2) is 0 Å². The van der Waals surface area contributed by atoms with E-state index in [2.05, 4.69) is 28.1 Å². The molecule has 1 atom stereocenters. The summed E-state index contributed by atoms with van der Waals surface area (Å²) in [6, 6.07) is 27.0. The predicted molar refractivity (Wildman–Crippen MR) is 131 cm³/mol. The molecule has 3 aromatic carbocycles. The number of amides is 2. The standard InChI is InChI=1S/C27H24ClN3O2/c1-2-33-21-15-13-19(14-16-21)26-25-12-7-17-30(25)24-11-6-3-8-20(24)18-31(26)27(32)29-23-10-5-4-9-22(23)28/h3-17,26H,2,18H2,1H3,(H,29,32)/t26-/m0/s1. The highest BCUT2D eigenvalue weighted by atomic mass is 35.5. The third-order valence-electron chi connectivity index (χ3n) is 5.85. The molecule has 0 saturated carbocycles. The SMILES string of the molecule is CCOc1ccc([C@H]2c3cccn3-c3ccccc3CN2C(=O)Nc2ccccc2Cl)cc1. The van der Waals surface area contributed by atoms with Crippen molar-refractivity contribution in [2.24, 2.45) is 0 Å². The Bertz CT molecular complexity index is 1280. The first kappa shape index (κ1) is 21.2. The van der Waals surface area contributed by atoms with Crippen LogP contribution in [0.4, 0.5) is 10.5 Å². The molecule has 0 saturated heterocycles. The number of urea groups is 1. The number of para-hydroxylation sites is 2. The van der Waals surface area contributed by atoms with Crippen LogP contribution >= 0.6 is 11.6 Å². The number of fused-ring (bicyclic) bond motifs is 3. The summed E-state index contributed by atoms with van der Waals surface area (Å²) >= 11 is 6.33. The molecule has 2 amide bonds. The van der Waals surface area contributed by atoms with E-state index in [0.717, 1.165) is 28.3 Å². The molecular formula is C27H24ClN3O2. The van der Waals surface area contributed by atoms with Gasteiger partial charge in [0.2, 0.25) is 0 Å². The van der Waals surface area contributed by atoms with Crippen LogP contribution in [0.1, 0.15) is 29.8 Å². The first-order chi connectivity index (χ1) is 16.2. The fourth-order valence-corrected chi connectivity index (χ4v) is 4.54. The van der Waals surface area contributed by atoms with Crippen molar-refractivity contribution < 1.29 is 9.53 Å². The number of anilines is 1. The van der Waals surface area contributed by atoms with Crippen LogP contribution in [0.2, 0.25) is 5.02 Å². The summed E-state index contributed by atoms with van der Waals surface area (Å²) in [5, 5.41) is 3.52. The van der Waals surface area contributed by atoms with Gasteiger partial charge in [0.1, 0.15) is 5.75 Å². The Kier molecular flexibility index (Phi) is 5.80. The number of halogens is 1. The smallest absolute Gasteiger partial charge is 0.323 e. The number of nitrogens with one attached hydrogen (secondary N) is 1. The summed E-state index contributed by atoms with van der Waals surface area (Å²) in [4.78, 5) is 15.5. The van der Waals surface area contributed by atoms with Crippen molar-refractivity contribution in [3.8, 4) is 11.4 Å². The van der Waals surface area contributed by atoms with Gasteiger partial charge in [-0.1, -0.05) is 54.1 Å². The minimum atomic E-state index is -0.300. The molecule has 1 aliphatic rings. The Labute approximate surface area is 198 Å². The topological polar surface area (TPSA) is 46.5 Å². The van der Waals surface area contributed by atoms with E-state index < -0.39 is 0 Å². The minimum absolute atomic E-state index is 0.216. The molecule has 1 aliphatic heterocycles. The maximum Gasteiger partial charge on any atom is 0.323 e. The molecule has 0 bridgehead atoms. The van der Waals surface area contributed by atoms with E-state index in [4.69, 9.17) is 16.3 Å². The number of hydrogen-bond acceptors (Lipinski definition) is 2. The number of carbonyl (C=O) groups excluding carboxylic acids is 1. The molecule has 5 rings (SSSR count). The van der Waals surface area contributed by atoms with Crippen molar-refractivity contribution in [2.45, 2.75) is 19.5 Å². The van der Waals surface area contributed by atoms with Crippen molar-refractivity contribution in [1.82, 2.24) is 9.47 Å². The number of ether oxygens (including phenoxy) is 1. The lowest BCUT2D eigenvalue weighted by atomic mass is 10.0. The minimum Gasteiger partial charge on any atom is -0.494 e. The molecule has 2 heterocycles. The number of hydrogen-bond donors (Lipinski definition) is 1. The Hall–Kier alpha value is -3.70. The van der Waals surface area contributed by atoms with E-state index in [0.29, 0.717) is 23.9 Å². The van der Waals surface area contributed by atoms with Crippen LogP contribution in [-0.4, -0.2) is 22.1 Å². The van der Waals surface area contributed by atoms with Crippen molar-refractivity contribution >= 4 is 23.3 Å². The number of nitrogens with zero attached hydrogens (tertiary/aromatic N) is 2. The summed E-state index contributed by atoms with van der Waals surface area (Å²) < 4.78 is 7.80. The lowest BCUT2D eigenvalue weighted by molar-refractivity contribution is 0.194. The first-order valence-electron chi connectivity index (χ1n) is 11.0. The summed E-state index contributed by atoms with van der Waals surface area (Å²) in [5.74, 6) is 0.806. The molecule has 0 aliphatic carbocycles. The Morgan fingerprint density at radius 1 is 1.00 bits per heavy atom. The van der Waals surface area contributed by atoms with Gasteiger partial charge in [0, 0.05) is 11.9 Å². The maximum atomic E-state index is 13.7. The molecular weight excluding hydrogens is 434 g/mol. The number of rotatable bonds is 4. The second-order valence-electron chi connectivity index (χ2n) is 7.87. The molecule has 1 aromatic heterocycles. The predicted octanol–water partition coefficient (Wildman–Crippen LogP) is 6.67. The van der Waals surface area contributed by atoms with Gasteiger partial charge in [-0.15, -0.1) is 0 Å². The van der Waals surface area contributed by atoms with Crippen LogP contribution in [0.25, 0.3) is 5.69 Å². The van der Waals surface area contributed by atoms with Crippen LogP contribution in [0.5, 0.6) is 5.75 Å². The molecule has 4 aromatic rings. The molecule has 0 spiro atoms. The number of aromatic nitrogens is 1. The molecule has 6 heteroatoms. The quantitative estimate of drug-likeness (QED) is 0.372. The Morgan fingerprint density at radius 3 is 2.55 bits per heavy atom. The van der Waals surface area contributed by atoms with Crippen molar-refractivity contribution in [3.63, 3.8) is 0 Å². The average molecular weight is 458 g/mol. The largest absolute Gasteiger partial charge is 0.494 e. The van der Waals surface area contributed by atoms with E-state index >= 15 is 0 Å². The Balaban J connectivity index is 1.61. The lowest BCUT2D eigenvalue weighted by Gasteiger charge is -2.31. The first-order valence-corrected chi connectivity index (χ1v) is 11.3. The zero-order valence-corrected chi connectivity index (χ0v) is 19.0. The maximum absolute atomic E-state index is 13.7. The van der Waals surface area contributed by atoms with Crippen LogP contribution in [0, 0.1) is 0 Å². The van der Waals surface area contributed by atoms with Crippen LogP contribution < -0.4 is 10.1 Å². The van der Waals surface area contributed by atoms with Crippen LogP contribution in [0.3, 0.4) is 0 Å². The second-order valence-corrected chi connectivity index (χ2v) is 8.28. The summed E-state index contributed by atoms with van der Waals surface area (Å²) in [5.41, 5.74) is 4.74. The van der Waals surface area contributed by atoms with Crippen LogP contribution in [-0.2, 0) is 6.54 Å². The van der Waals surface area contributed by atoms with Gasteiger partial charge < -0.3 is 19.5 Å². The van der Waals surface area contributed by atoms with Crippen molar-refractivity contribution in [2.75, 3.05) is 11.9 Å². The third kappa shape index (κ3) is 4.08. The van der Waals surface area contributed by atoms with E-state index in [1.54, 1.807) is 12.1 Å². The fourth-order valence-electron chi connectivity index (χ4n) is 4.35. The third-order valence-corrected chi connectivity index (χ3v) is 6.18. The Morgan fingerprint density at radius 2 is 1.76 bits per heavy atom. The highest BCUT2D eigenvalue weighted by molar-refractivity contribution is 6.33. The molecule has 1 N–H and O–H groups in total. The summed E-state index contributed by atoms with van der Waals surface area (Å²) in [6.45, 7) is 3.02. The lowest BCUT2D eigenvalue weighted by Crippen LogP contribution is -2.38. The van der Waals surface area contributed by atoms with E-state index in [1.165, 1.54) is 0 Å². The highest BCUT2D eigenvalue weighted by Crippen LogP contribution is 2.37. The molecule has 166 valence electrons. The van der Waals surface area contributed by atoms with Crippen molar-refractivity contribution in [3.05, 3.63) is 113 Å². The zero-order chi connectivity index (χ0) is 22.8. The van der Waals surface area contributed by atoms with Crippen LogP contribution in [0.15, 0.2) is 91.1 Å². The second kappa shape index (κ2) is 9.04. The fraction of sp³-hybridized carbons (Fsp3) is 0.148. The van der Waals surface area contributed by atoms with Gasteiger partial charge >= 0.3 is 6.03 Å². The zero-order valence-electron chi connectivity index (χ0n) is 18.2. The molecule has 33 heavy (non-hydrogen) atoms. The molecule has 0 unspecified atom stereocenters. The van der Waals surface area contributed by atoms with Gasteiger partial charge in [-0.05, 0) is 60.5 Å².